The second kappa shape index (κ2) is 5.32. The van der Waals surface area contributed by atoms with Gasteiger partial charge < -0.3 is 5.73 Å². The van der Waals surface area contributed by atoms with Gasteiger partial charge in [0.25, 0.3) is 0 Å². The highest BCUT2D eigenvalue weighted by Gasteiger charge is 2.02. The van der Waals surface area contributed by atoms with E-state index in [1.807, 2.05) is 11.3 Å². The van der Waals surface area contributed by atoms with Gasteiger partial charge in [0.05, 0.1) is 0 Å². The van der Waals surface area contributed by atoms with Crippen molar-refractivity contribution in [2.75, 3.05) is 6.54 Å². The minimum atomic E-state index is 0.548. The van der Waals surface area contributed by atoms with Gasteiger partial charge in [-0.05, 0) is 30.5 Å². The highest BCUT2D eigenvalue weighted by molar-refractivity contribution is 7.12. The summed E-state index contributed by atoms with van der Waals surface area (Å²) in [6, 6.07) is 4.38. The molecule has 2 N–H and O–H groups in total. The Morgan fingerprint density at radius 3 is 2.64 bits per heavy atom. The van der Waals surface area contributed by atoms with Crippen LogP contribution in [-0.2, 0) is 6.42 Å². The monoisotopic (exact) mass is 209 g/mol. The lowest BCUT2D eigenvalue weighted by molar-refractivity contribution is 0.753. The van der Waals surface area contributed by atoms with Crippen molar-refractivity contribution in [3.63, 3.8) is 0 Å². The SMILES string of the molecule is CCc1ccc(C=C(CN)C(C)C)s1. The van der Waals surface area contributed by atoms with Gasteiger partial charge in [-0.25, -0.2) is 0 Å². The Morgan fingerprint density at radius 2 is 2.21 bits per heavy atom. The predicted molar refractivity (Wildman–Crippen MR) is 65.6 cm³/mol. The van der Waals surface area contributed by atoms with E-state index in [9.17, 15) is 0 Å². The van der Waals surface area contributed by atoms with Crippen molar-refractivity contribution in [3.8, 4) is 0 Å². The second-order valence-electron chi connectivity index (χ2n) is 3.74. The summed E-state index contributed by atoms with van der Waals surface area (Å²) in [5, 5.41) is 0. The number of rotatable bonds is 4. The molecule has 0 aliphatic carbocycles. The molecule has 0 aliphatic heterocycles. The van der Waals surface area contributed by atoms with Crippen molar-refractivity contribution in [2.45, 2.75) is 27.2 Å². The lowest BCUT2D eigenvalue weighted by Gasteiger charge is -2.07. The molecule has 2 heteroatoms. The summed E-state index contributed by atoms with van der Waals surface area (Å²) in [5.41, 5.74) is 7.03. The number of hydrogen-bond acceptors (Lipinski definition) is 2. The van der Waals surface area contributed by atoms with Crippen LogP contribution >= 0.6 is 11.3 Å². The number of thiophene rings is 1. The molecule has 0 aliphatic rings. The van der Waals surface area contributed by atoms with E-state index in [1.165, 1.54) is 15.3 Å². The molecule has 1 nitrogen and oxygen atoms in total. The van der Waals surface area contributed by atoms with Crippen LogP contribution in [0.3, 0.4) is 0 Å². The zero-order valence-corrected chi connectivity index (χ0v) is 10.0. The molecular weight excluding hydrogens is 190 g/mol. The first kappa shape index (κ1) is 11.5. The first-order valence-electron chi connectivity index (χ1n) is 5.16. The second-order valence-corrected chi connectivity index (χ2v) is 4.94. The lowest BCUT2D eigenvalue weighted by atomic mass is 10.0. The van der Waals surface area contributed by atoms with Crippen molar-refractivity contribution >= 4 is 17.4 Å². The van der Waals surface area contributed by atoms with Gasteiger partial charge in [0, 0.05) is 16.3 Å². The molecule has 0 bridgehead atoms. The maximum atomic E-state index is 5.70. The van der Waals surface area contributed by atoms with Gasteiger partial charge in [-0.1, -0.05) is 26.3 Å². The van der Waals surface area contributed by atoms with Crippen LogP contribution in [-0.4, -0.2) is 6.54 Å². The zero-order chi connectivity index (χ0) is 10.6. The fourth-order valence-electron chi connectivity index (χ4n) is 1.31. The third kappa shape index (κ3) is 2.96. The molecule has 1 heterocycles. The van der Waals surface area contributed by atoms with E-state index >= 15 is 0 Å². The first-order valence-corrected chi connectivity index (χ1v) is 5.98. The summed E-state index contributed by atoms with van der Waals surface area (Å²) in [5.74, 6) is 0.548. The molecule has 1 rings (SSSR count). The first-order chi connectivity index (χ1) is 6.67. The van der Waals surface area contributed by atoms with Crippen LogP contribution in [0.1, 0.15) is 30.5 Å². The van der Waals surface area contributed by atoms with E-state index in [0.717, 1.165) is 6.42 Å². The van der Waals surface area contributed by atoms with Crippen molar-refractivity contribution in [1.82, 2.24) is 0 Å². The molecule has 0 spiro atoms. The standard InChI is InChI=1S/C12H19NS/c1-4-11-5-6-12(14-11)7-10(8-13)9(2)3/h5-7,9H,4,8,13H2,1-3H3. The fourth-order valence-corrected chi connectivity index (χ4v) is 2.24. The minimum absolute atomic E-state index is 0.548. The highest BCUT2D eigenvalue weighted by atomic mass is 32.1. The van der Waals surface area contributed by atoms with E-state index < -0.39 is 0 Å². The summed E-state index contributed by atoms with van der Waals surface area (Å²) in [6.07, 6.45) is 3.35. The van der Waals surface area contributed by atoms with Crippen LogP contribution in [0, 0.1) is 5.92 Å². The summed E-state index contributed by atoms with van der Waals surface area (Å²) in [4.78, 5) is 2.77. The molecule has 14 heavy (non-hydrogen) atoms. The third-order valence-corrected chi connectivity index (χ3v) is 3.51. The van der Waals surface area contributed by atoms with Crippen LogP contribution in [0.5, 0.6) is 0 Å². The van der Waals surface area contributed by atoms with Gasteiger partial charge in [0.15, 0.2) is 0 Å². The maximum Gasteiger partial charge on any atom is 0.0273 e. The van der Waals surface area contributed by atoms with Crippen molar-refractivity contribution in [3.05, 3.63) is 27.5 Å². The van der Waals surface area contributed by atoms with E-state index in [0.29, 0.717) is 12.5 Å². The molecule has 0 unspecified atom stereocenters. The Labute approximate surface area is 90.6 Å². The van der Waals surface area contributed by atoms with Crippen LogP contribution < -0.4 is 5.73 Å². The van der Waals surface area contributed by atoms with Crippen molar-refractivity contribution in [2.24, 2.45) is 11.7 Å². The van der Waals surface area contributed by atoms with Crippen LogP contribution in [0.25, 0.3) is 6.08 Å². The molecule has 0 saturated carbocycles. The van der Waals surface area contributed by atoms with E-state index in [2.05, 4.69) is 39.0 Å². The number of nitrogens with two attached hydrogens (primary N) is 1. The summed E-state index contributed by atoms with van der Waals surface area (Å²) < 4.78 is 0. The summed E-state index contributed by atoms with van der Waals surface area (Å²) in [7, 11) is 0. The van der Waals surface area contributed by atoms with Crippen LogP contribution in [0.4, 0.5) is 0 Å². The fraction of sp³-hybridized carbons (Fsp3) is 0.500. The normalized spacial score (nSPS) is 12.5. The highest BCUT2D eigenvalue weighted by Crippen LogP contribution is 2.21. The Kier molecular flexibility index (Phi) is 4.36. The van der Waals surface area contributed by atoms with Crippen LogP contribution in [0.15, 0.2) is 17.7 Å². The predicted octanol–water partition coefficient (Wildman–Crippen LogP) is 3.31. The van der Waals surface area contributed by atoms with Gasteiger partial charge in [-0.15, -0.1) is 11.3 Å². The molecule has 0 fully saturated rings. The van der Waals surface area contributed by atoms with Crippen molar-refractivity contribution < 1.29 is 0 Å². The largest absolute Gasteiger partial charge is 0.327 e. The molecule has 0 saturated heterocycles. The van der Waals surface area contributed by atoms with Crippen molar-refractivity contribution in [1.29, 1.82) is 0 Å². The molecule has 1 aromatic heterocycles. The van der Waals surface area contributed by atoms with Gasteiger partial charge >= 0.3 is 0 Å². The van der Waals surface area contributed by atoms with E-state index in [-0.39, 0.29) is 0 Å². The average molecular weight is 209 g/mol. The molecule has 0 radical (unpaired) electrons. The van der Waals surface area contributed by atoms with E-state index in [4.69, 9.17) is 5.73 Å². The molecule has 0 amide bonds. The molecule has 0 aromatic carbocycles. The van der Waals surface area contributed by atoms with Gasteiger partial charge in [-0.2, -0.15) is 0 Å². The Morgan fingerprint density at radius 1 is 1.50 bits per heavy atom. The quantitative estimate of drug-likeness (QED) is 0.809. The Bertz CT molecular complexity index is 310. The Hall–Kier alpha value is -0.600. The molecule has 78 valence electrons. The van der Waals surface area contributed by atoms with E-state index in [1.54, 1.807) is 0 Å². The number of hydrogen-bond donors (Lipinski definition) is 1. The number of aryl methyl sites for hydroxylation is 1. The summed E-state index contributed by atoms with van der Waals surface area (Å²) in [6.45, 7) is 7.22. The minimum Gasteiger partial charge on any atom is -0.327 e. The molecule has 1 aromatic rings. The van der Waals surface area contributed by atoms with Gasteiger partial charge in [0.1, 0.15) is 0 Å². The topological polar surface area (TPSA) is 26.0 Å². The van der Waals surface area contributed by atoms with Gasteiger partial charge in [-0.3, -0.25) is 0 Å². The molecular formula is C12H19NS. The lowest BCUT2D eigenvalue weighted by Crippen LogP contribution is -2.07. The Balaban J connectivity index is 2.83. The van der Waals surface area contributed by atoms with Gasteiger partial charge in [0.2, 0.25) is 0 Å². The summed E-state index contributed by atoms with van der Waals surface area (Å²) >= 11 is 1.86. The maximum absolute atomic E-state index is 5.70. The third-order valence-electron chi connectivity index (χ3n) is 2.34. The average Bonchev–Trinajstić information content (AvgIpc) is 2.61. The zero-order valence-electron chi connectivity index (χ0n) is 9.21. The molecule has 0 atom stereocenters. The van der Waals surface area contributed by atoms with Crippen LogP contribution in [0.2, 0.25) is 0 Å². The smallest absolute Gasteiger partial charge is 0.0273 e.